The van der Waals surface area contributed by atoms with Gasteiger partial charge in [-0.15, -0.1) is 0 Å². The molecule has 0 amide bonds. The predicted molar refractivity (Wildman–Crippen MR) is 51.2 cm³/mol. The molecule has 0 radical (unpaired) electrons. The Morgan fingerprint density at radius 3 is 2.86 bits per heavy atom. The Hall–Kier alpha value is -1.84. The standard InChI is InChI=1S/C10H11N4/c1-8-5-12-6-13-10(8)9-3-4-11-7-14(9)2/h3-7H,1-2H3/q+1. The van der Waals surface area contributed by atoms with Crippen molar-refractivity contribution in [3.63, 3.8) is 0 Å². The maximum Gasteiger partial charge on any atom is 0.286 e. The molecule has 70 valence electrons. The molecule has 0 bridgehead atoms. The van der Waals surface area contributed by atoms with Crippen molar-refractivity contribution in [1.29, 1.82) is 0 Å². The number of aryl methyl sites for hydroxylation is 2. The van der Waals surface area contributed by atoms with Gasteiger partial charge in [0.2, 0.25) is 0 Å². The minimum absolute atomic E-state index is 0.949. The fourth-order valence-electron chi connectivity index (χ4n) is 1.35. The van der Waals surface area contributed by atoms with Gasteiger partial charge >= 0.3 is 0 Å². The summed E-state index contributed by atoms with van der Waals surface area (Å²) in [5, 5.41) is 0. The summed E-state index contributed by atoms with van der Waals surface area (Å²) in [4.78, 5) is 12.2. The SMILES string of the molecule is Cc1cncnc1-c1ccnc[n+]1C. The summed E-state index contributed by atoms with van der Waals surface area (Å²) < 4.78 is 1.94. The van der Waals surface area contributed by atoms with Gasteiger partial charge in [0.1, 0.15) is 18.2 Å². The van der Waals surface area contributed by atoms with Gasteiger partial charge in [0.25, 0.3) is 6.33 Å². The lowest BCUT2D eigenvalue weighted by molar-refractivity contribution is -0.663. The molecule has 0 fully saturated rings. The lowest BCUT2D eigenvalue weighted by Gasteiger charge is -2.02. The Kier molecular flexibility index (Phi) is 2.18. The Morgan fingerprint density at radius 2 is 2.14 bits per heavy atom. The van der Waals surface area contributed by atoms with Crippen LogP contribution >= 0.6 is 0 Å². The molecule has 4 heteroatoms. The van der Waals surface area contributed by atoms with Crippen molar-refractivity contribution in [2.45, 2.75) is 6.92 Å². The van der Waals surface area contributed by atoms with E-state index in [1.165, 1.54) is 0 Å². The molecule has 2 aromatic heterocycles. The minimum Gasteiger partial charge on any atom is -0.244 e. The van der Waals surface area contributed by atoms with Crippen molar-refractivity contribution in [3.05, 3.63) is 36.7 Å². The van der Waals surface area contributed by atoms with Crippen LogP contribution in [0.1, 0.15) is 5.56 Å². The van der Waals surface area contributed by atoms with Crippen LogP contribution in [0.2, 0.25) is 0 Å². The molecule has 2 aromatic rings. The Bertz CT molecular complexity index is 410. The van der Waals surface area contributed by atoms with Crippen LogP contribution in [0, 0.1) is 6.92 Å². The molecule has 2 heterocycles. The van der Waals surface area contributed by atoms with Gasteiger partial charge in [-0.3, -0.25) is 0 Å². The van der Waals surface area contributed by atoms with Crippen LogP contribution in [0.5, 0.6) is 0 Å². The molecule has 4 nitrogen and oxygen atoms in total. The number of hydrogen-bond donors (Lipinski definition) is 0. The maximum absolute atomic E-state index is 4.25. The predicted octanol–water partition coefficient (Wildman–Crippen LogP) is 0.672. The highest BCUT2D eigenvalue weighted by molar-refractivity contribution is 5.53. The third kappa shape index (κ3) is 1.46. The summed E-state index contributed by atoms with van der Waals surface area (Å²) in [6.07, 6.45) is 6.89. The van der Waals surface area contributed by atoms with Crippen LogP contribution in [-0.4, -0.2) is 15.0 Å². The van der Waals surface area contributed by atoms with Gasteiger partial charge < -0.3 is 0 Å². The van der Waals surface area contributed by atoms with E-state index in [1.54, 1.807) is 18.9 Å². The van der Waals surface area contributed by atoms with Crippen LogP contribution in [-0.2, 0) is 7.05 Å². The largest absolute Gasteiger partial charge is 0.286 e. The zero-order chi connectivity index (χ0) is 9.97. The van der Waals surface area contributed by atoms with Gasteiger partial charge in [-0.05, 0) is 12.5 Å². The number of hydrogen-bond acceptors (Lipinski definition) is 3. The highest BCUT2D eigenvalue weighted by Crippen LogP contribution is 2.13. The third-order valence-corrected chi connectivity index (χ3v) is 2.08. The second kappa shape index (κ2) is 3.49. The first kappa shape index (κ1) is 8.74. The van der Waals surface area contributed by atoms with Crippen LogP contribution in [0.15, 0.2) is 31.1 Å². The molecule has 14 heavy (non-hydrogen) atoms. The normalized spacial score (nSPS) is 10.1. The maximum atomic E-state index is 4.25. The smallest absolute Gasteiger partial charge is 0.244 e. The summed E-state index contributed by atoms with van der Waals surface area (Å²) in [7, 11) is 1.95. The number of nitrogens with zero attached hydrogens (tertiary/aromatic N) is 4. The van der Waals surface area contributed by atoms with E-state index in [1.807, 2.05) is 30.8 Å². The zero-order valence-corrected chi connectivity index (χ0v) is 8.18. The van der Waals surface area contributed by atoms with Gasteiger partial charge in [0.15, 0.2) is 5.69 Å². The molecule has 0 saturated carbocycles. The molecule has 0 unspecified atom stereocenters. The molecule has 0 aliphatic carbocycles. The van der Waals surface area contributed by atoms with E-state index in [4.69, 9.17) is 0 Å². The van der Waals surface area contributed by atoms with Gasteiger partial charge in [-0.2, -0.15) is 0 Å². The van der Waals surface area contributed by atoms with E-state index in [0.717, 1.165) is 17.0 Å². The van der Waals surface area contributed by atoms with E-state index < -0.39 is 0 Å². The van der Waals surface area contributed by atoms with Gasteiger partial charge in [0, 0.05) is 12.3 Å². The van der Waals surface area contributed by atoms with E-state index in [-0.39, 0.29) is 0 Å². The Labute approximate surface area is 82.3 Å². The van der Waals surface area contributed by atoms with Crippen LogP contribution in [0.3, 0.4) is 0 Å². The summed E-state index contributed by atoms with van der Waals surface area (Å²) in [6, 6.07) is 1.94. The highest BCUT2D eigenvalue weighted by atomic mass is 15.0. The molecule has 0 aromatic carbocycles. The van der Waals surface area contributed by atoms with Crippen molar-refractivity contribution >= 4 is 0 Å². The summed E-state index contributed by atoms with van der Waals surface area (Å²) in [6.45, 7) is 2.00. The minimum atomic E-state index is 0.949. The molecule has 0 aliphatic heterocycles. The summed E-state index contributed by atoms with van der Waals surface area (Å²) >= 11 is 0. The average Bonchev–Trinajstić information content (AvgIpc) is 2.20. The molecule has 2 rings (SSSR count). The first-order valence-electron chi connectivity index (χ1n) is 4.35. The van der Waals surface area contributed by atoms with Gasteiger partial charge in [0.05, 0.1) is 7.05 Å². The Balaban J connectivity index is 2.61. The lowest BCUT2D eigenvalue weighted by Crippen LogP contribution is -2.31. The fourth-order valence-corrected chi connectivity index (χ4v) is 1.35. The quantitative estimate of drug-likeness (QED) is 0.616. The highest BCUT2D eigenvalue weighted by Gasteiger charge is 2.09. The molecule has 0 N–H and O–H groups in total. The lowest BCUT2D eigenvalue weighted by atomic mass is 10.2. The molecule has 0 saturated heterocycles. The van der Waals surface area contributed by atoms with E-state index in [2.05, 4.69) is 15.0 Å². The molecule has 0 aliphatic rings. The van der Waals surface area contributed by atoms with Crippen molar-refractivity contribution < 1.29 is 4.57 Å². The van der Waals surface area contributed by atoms with E-state index >= 15 is 0 Å². The third-order valence-electron chi connectivity index (χ3n) is 2.08. The van der Waals surface area contributed by atoms with Gasteiger partial charge in [-0.25, -0.2) is 14.5 Å². The van der Waals surface area contributed by atoms with E-state index in [9.17, 15) is 0 Å². The second-order valence-corrected chi connectivity index (χ2v) is 3.13. The van der Waals surface area contributed by atoms with Crippen LogP contribution < -0.4 is 4.57 Å². The number of rotatable bonds is 1. The molecular weight excluding hydrogens is 176 g/mol. The van der Waals surface area contributed by atoms with Gasteiger partial charge in [-0.1, -0.05) is 4.98 Å². The summed E-state index contributed by atoms with van der Waals surface area (Å²) in [5.74, 6) is 0. The van der Waals surface area contributed by atoms with Crippen molar-refractivity contribution in [2.24, 2.45) is 7.05 Å². The van der Waals surface area contributed by atoms with Crippen molar-refractivity contribution in [2.75, 3.05) is 0 Å². The first-order valence-corrected chi connectivity index (χ1v) is 4.35. The fraction of sp³-hybridized carbons (Fsp3) is 0.200. The van der Waals surface area contributed by atoms with E-state index in [0.29, 0.717) is 0 Å². The zero-order valence-electron chi connectivity index (χ0n) is 8.18. The molecule has 0 spiro atoms. The van der Waals surface area contributed by atoms with Crippen LogP contribution in [0.25, 0.3) is 11.4 Å². The summed E-state index contributed by atoms with van der Waals surface area (Å²) in [5.41, 5.74) is 3.05. The average molecular weight is 187 g/mol. The van der Waals surface area contributed by atoms with Crippen molar-refractivity contribution in [3.8, 4) is 11.4 Å². The second-order valence-electron chi connectivity index (χ2n) is 3.13. The monoisotopic (exact) mass is 187 g/mol. The van der Waals surface area contributed by atoms with Crippen LogP contribution in [0.4, 0.5) is 0 Å². The molecule has 0 atom stereocenters. The number of aromatic nitrogens is 4. The topological polar surface area (TPSA) is 42.6 Å². The molecular formula is C10H11N4+. The van der Waals surface area contributed by atoms with Crippen molar-refractivity contribution in [1.82, 2.24) is 15.0 Å². The first-order chi connectivity index (χ1) is 6.79. The Morgan fingerprint density at radius 1 is 1.29 bits per heavy atom.